The SMILES string of the molecule is Cc1ccc(C2CC(C)CCN2c2ncccc2[N+](=O)[O-])o1. The lowest BCUT2D eigenvalue weighted by Crippen LogP contribution is -2.37. The van der Waals surface area contributed by atoms with Gasteiger partial charge in [0.05, 0.1) is 11.0 Å². The van der Waals surface area contributed by atoms with E-state index in [1.807, 2.05) is 24.0 Å². The fourth-order valence-corrected chi connectivity index (χ4v) is 3.05. The lowest BCUT2D eigenvalue weighted by atomic mass is 9.91. The summed E-state index contributed by atoms with van der Waals surface area (Å²) in [7, 11) is 0. The van der Waals surface area contributed by atoms with E-state index in [0.29, 0.717) is 11.7 Å². The number of anilines is 1. The Morgan fingerprint density at radius 3 is 2.91 bits per heavy atom. The zero-order chi connectivity index (χ0) is 15.7. The molecule has 0 spiro atoms. The normalized spacial score (nSPS) is 21.8. The standard InChI is InChI=1S/C16H19N3O3/c1-11-7-9-18(14(10-11)15-6-5-12(2)22-15)16-13(19(20)21)4-3-8-17-16/h3-6,8,11,14H,7,9-10H2,1-2H3. The number of nitro groups is 1. The van der Waals surface area contributed by atoms with Gasteiger partial charge in [-0.2, -0.15) is 0 Å². The first-order valence-electron chi connectivity index (χ1n) is 7.48. The summed E-state index contributed by atoms with van der Waals surface area (Å²) in [6.45, 7) is 4.85. The van der Waals surface area contributed by atoms with Crippen LogP contribution in [0, 0.1) is 23.0 Å². The van der Waals surface area contributed by atoms with E-state index in [9.17, 15) is 10.1 Å². The van der Waals surface area contributed by atoms with E-state index in [2.05, 4.69) is 11.9 Å². The van der Waals surface area contributed by atoms with E-state index in [-0.39, 0.29) is 16.7 Å². The number of furan rings is 1. The summed E-state index contributed by atoms with van der Waals surface area (Å²) in [5.41, 5.74) is 0.0466. The van der Waals surface area contributed by atoms with Crippen molar-refractivity contribution in [2.24, 2.45) is 5.92 Å². The molecule has 0 bridgehead atoms. The molecule has 2 aromatic heterocycles. The molecule has 0 amide bonds. The highest BCUT2D eigenvalue weighted by molar-refractivity contribution is 5.58. The third kappa shape index (κ3) is 2.68. The van der Waals surface area contributed by atoms with Crippen LogP contribution in [0.1, 0.15) is 37.3 Å². The number of aromatic nitrogens is 1. The van der Waals surface area contributed by atoms with Gasteiger partial charge in [0.25, 0.3) is 0 Å². The van der Waals surface area contributed by atoms with E-state index in [0.717, 1.165) is 30.9 Å². The summed E-state index contributed by atoms with van der Waals surface area (Å²) >= 11 is 0. The molecule has 0 aliphatic carbocycles. The highest BCUT2D eigenvalue weighted by atomic mass is 16.6. The van der Waals surface area contributed by atoms with Crippen molar-refractivity contribution >= 4 is 11.5 Å². The van der Waals surface area contributed by atoms with Crippen LogP contribution in [0.2, 0.25) is 0 Å². The third-order valence-electron chi connectivity index (χ3n) is 4.19. The van der Waals surface area contributed by atoms with E-state index in [4.69, 9.17) is 4.42 Å². The van der Waals surface area contributed by atoms with Crippen molar-refractivity contribution in [2.75, 3.05) is 11.4 Å². The van der Waals surface area contributed by atoms with Gasteiger partial charge in [0.15, 0.2) is 0 Å². The van der Waals surface area contributed by atoms with Crippen LogP contribution in [0.15, 0.2) is 34.9 Å². The largest absolute Gasteiger partial charge is 0.464 e. The third-order valence-corrected chi connectivity index (χ3v) is 4.19. The summed E-state index contributed by atoms with van der Waals surface area (Å²) in [5, 5.41) is 11.3. The number of pyridine rings is 1. The van der Waals surface area contributed by atoms with Gasteiger partial charge in [0.1, 0.15) is 11.5 Å². The fourth-order valence-electron chi connectivity index (χ4n) is 3.05. The predicted octanol–water partition coefficient (Wildman–Crippen LogP) is 3.87. The molecule has 2 unspecified atom stereocenters. The number of piperidine rings is 1. The minimum atomic E-state index is -0.370. The lowest BCUT2D eigenvalue weighted by Gasteiger charge is -2.37. The molecule has 0 radical (unpaired) electrons. The van der Waals surface area contributed by atoms with Crippen LogP contribution < -0.4 is 4.90 Å². The number of rotatable bonds is 3. The lowest BCUT2D eigenvalue weighted by molar-refractivity contribution is -0.384. The topological polar surface area (TPSA) is 72.4 Å². The molecule has 3 rings (SSSR count). The second kappa shape index (κ2) is 5.79. The van der Waals surface area contributed by atoms with Crippen molar-refractivity contribution in [2.45, 2.75) is 32.7 Å². The van der Waals surface area contributed by atoms with Crippen molar-refractivity contribution in [3.8, 4) is 0 Å². The summed E-state index contributed by atoms with van der Waals surface area (Å²) in [5.74, 6) is 2.68. The molecule has 0 saturated carbocycles. The van der Waals surface area contributed by atoms with E-state index >= 15 is 0 Å². The van der Waals surface area contributed by atoms with Crippen LogP contribution in [-0.4, -0.2) is 16.5 Å². The van der Waals surface area contributed by atoms with Gasteiger partial charge in [-0.05, 0) is 43.9 Å². The summed E-state index contributed by atoms with van der Waals surface area (Å²) in [6, 6.07) is 6.98. The van der Waals surface area contributed by atoms with Crippen LogP contribution in [0.5, 0.6) is 0 Å². The molecule has 1 aliphatic heterocycles. The summed E-state index contributed by atoms with van der Waals surface area (Å²) in [6.07, 6.45) is 3.50. The van der Waals surface area contributed by atoms with Crippen LogP contribution in [0.4, 0.5) is 11.5 Å². The molecular formula is C16H19N3O3. The Labute approximate surface area is 128 Å². The van der Waals surface area contributed by atoms with Gasteiger partial charge >= 0.3 is 5.69 Å². The molecule has 0 N–H and O–H groups in total. The van der Waals surface area contributed by atoms with Crippen molar-refractivity contribution in [3.63, 3.8) is 0 Å². The average molecular weight is 301 g/mol. The molecule has 2 aromatic rings. The Hall–Kier alpha value is -2.37. The maximum Gasteiger partial charge on any atom is 0.311 e. The number of aryl methyl sites for hydroxylation is 1. The number of hydrogen-bond acceptors (Lipinski definition) is 5. The molecule has 3 heterocycles. The van der Waals surface area contributed by atoms with Crippen molar-refractivity contribution in [1.82, 2.24) is 4.98 Å². The Balaban J connectivity index is 2.01. The van der Waals surface area contributed by atoms with E-state index in [1.165, 1.54) is 6.07 Å². The van der Waals surface area contributed by atoms with Crippen LogP contribution in [-0.2, 0) is 0 Å². The molecular weight excluding hydrogens is 282 g/mol. The Morgan fingerprint density at radius 1 is 1.41 bits per heavy atom. The molecule has 0 aromatic carbocycles. The Kier molecular flexibility index (Phi) is 3.83. The first kappa shape index (κ1) is 14.6. The number of nitrogens with zero attached hydrogens (tertiary/aromatic N) is 3. The van der Waals surface area contributed by atoms with Crippen LogP contribution >= 0.6 is 0 Å². The van der Waals surface area contributed by atoms with Gasteiger partial charge in [-0.15, -0.1) is 0 Å². The minimum absolute atomic E-state index is 0.00829. The first-order chi connectivity index (χ1) is 10.6. The second-order valence-electron chi connectivity index (χ2n) is 5.89. The molecule has 6 heteroatoms. The summed E-state index contributed by atoms with van der Waals surface area (Å²) < 4.78 is 5.78. The average Bonchev–Trinajstić information content (AvgIpc) is 2.93. The highest BCUT2D eigenvalue weighted by Crippen LogP contribution is 2.40. The smallest absolute Gasteiger partial charge is 0.311 e. The van der Waals surface area contributed by atoms with Crippen molar-refractivity contribution in [1.29, 1.82) is 0 Å². The molecule has 1 aliphatic rings. The number of hydrogen-bond donors (Lipinski definition) is 0. The van der Waals surface area contributed by atoms with E-state index < -0.39 is 0 Å². The van der Waals surface area contributed by atoms with Crippen molar-refractivity contribution < 1.29 is 9.34 Å². The predicted molar refractivity (Wildman–Crippen MR) is 82.8 cm³/mol. The summed E-state index contributed by atoms with van der Waals surface area (Å²) in [4.78, 5) is 17.2. The van der Waals surface area contributed by atoms with Gasteiger partial charge in [0.2, 0.25) is 5.82 Å². The zero-order valence-electron chi connectivity index (χ0n) is 12.7. The fraction of sp³-hybridized carbons (Fsp3) is 0.438. The second-order valence-corrected chi connectivity index (χ2v) is 5.89. The molecule has 1 saturated heterocycles. The van der Waals surface area contributed by atoms with E-state index in [1.54, 1.807) is 12.3 Å². The van der Waals surface area contributed by atoms with Gasteiger partial charge in [-0.25, -0.2) is 4.98 Å². The van der Waals surface area contributed by atoms with Crippen LogP contribution in [0.25, 0.3) is 0 Å². The maximum absolute atomic E-state index is 11.3. The van der Waals surface area contributed by atoms with Gasteiger partial charge < -0.3 is 9.32 Å². The molecule has 22 heavy (non-hydrogen) atoms. The van der Waals surface area contributed by atoms with Gasteiger partial charge in [-0.1, -0.05) is 6.92 Å². The van der Waals surface area contributed by atoms with Crippen molar-refractivity contribution in [3.05, 3.63) is 52.1 Å². The minimum Gasteiger partial charge on any atom is -0.464 e. The Bertz CT molecular complexity index is 683. The first-order valence-corrected chi connectivity index (χ1v) is 7.48. The molecule has 2 atom stereocenters. The monoisotopic (exact) mass is 301 g/mol. The van der Waals surface area contributed by atoms with Gasteiger partial charge in [0, 0.05) is 18.8 Å². The zero-order valence-corrected chi connectivity index (χ0v) is 12.7. The van der Waals surface area contributed by atoms with Gasteiger partial charge in [-0.3, -0.25) is 10.1 Å². The maximum atomic E-state index is 11.3. The quantitative estimate of drug-likeness (QED) is 0.635. The molecule has 116 valence electrons. The molecule has 1 fully saturated rings. The molecule has 6 nitrogen and oxygen atoms in total. The highest BCUT2D eigenvalue weighted by Gasteiger charge is 2.34. The van der Waals surface area contributed by atoms with Crippen LogP contribution in [0.3, 0.4) is 0 Å². The Morgan fingerprint density at radius 2 is 2.23 bits per heavy atom.